The first-order valence-corrected chi connectivity index (χ1v) is 8.99. The van der Waals surface area contributed by atoms with Crippen LogP contribution >= 0.6 is 0 Å². The van der Waals surface area contributed by atoms with Crippen molar-refractivity contribution in [3.8, 4) is 16.9 Å². The van der Waals surface area contributed by atoms with Crippen LogP contribution in [0.1, 0.15) is 5.56 Å². The molecular formula is C23H17FN4O. The molecule has 0 spiro atoms. The van der Waals surface area contributed by atoms with Crippen molar-refractivity contribution in [2.24, 2.45) is 0 Å². The minimum atomic E-state index is -0.381. The van der Waals surface area contributed by atoms with Crippen LogP contribution in [-0.2, 0) is 4.79 Å². The Hall–Kier alpha value is -4.06. The molecule has 2 aromatic carbocycles. The van der Waals surface area contributed by atoms with Gasteiger partial charge in [-0.25, -0.2) is 9.07 Å². The van der Waals surface area contributed by atoms with Gasteiger partial charge in [-0.15, -0.1) is 0 Å². The molecule has 0 saturated carbocycles. The summed E-state index contributed by atoms with van der Waals surface area (Å²) in [6, 6.07) is 21.0. The Kier molecular flexibility index (Phi) is 5.25. The molecule has 2 aromatic heterocycles. The van der Waals surface area contributed by atoms with Crippen LogP contribution in [0.4, 0.5) is 10.2 Å². The number of carbonyl (C=O) groups is 1. The summed E-state index contributed by atoms with van der Waals surface area (Å²) in [5.41, 5.74) is 2.88. The monoisotopic (exact) mass is 384 g/mol. The standard InChI is InChI=1S/C23H17FN4O/c24-19-9-4-10-20(14-19)28-22(15-21(27-28)18-7-2-1-3-8-18)26-23(29)12-11-17-6-5-13-25-16-17/h1-16H,(H,26,29)/b12-11+. The second-order valence-corrected chi connectivity index (χ2v) is 6.28. The van der Waals surface area contributed by atoms with Gasteiger partial charge in [-0.05, 0) is 35.9 Å². The summed E-state index contributed by atoms with van der Waals surface area (Å²) >= 11 is 0. The fraction of sp³-hybridized carbons (Fsp3) is 0. The van der Waals surface area contributed by atoms with E-state index in [2.05, 4.69) is 15.4 Å². The molecule has 4 rings (SSSR count). The molecule has 4 aromatic rings. The van der Waals surface area contributed by atoms with Crippen LogP contribution < -0.4 is 5.32 Å². The summed E-state index contributed by atoms with van der Waals surface area (Å²) in [6.45, 7) is 0. The number of amides is 1. The third-order valence-electron chi connectivity index (χ3n) is 4.19. The molecule has 0 aliphatic carbocycles. The lowest BCUT2D eigenvalue weighted by molar-refractivity contribution is -0.111. The van der Waals surface area contributed by atoms with Crippen LogP contribution in [-0.4, -0.2) is 20.7 Å². The van der Waals surface area contributed by atoms with Gasteiger partial charge in [-0.2, -0.15) is 5.10 Å². The highest BCUT2D eigenvalue weighted by Crippen LogP contribution is 2.25. The zero-order chi connectivity index (χ0) is 20.1. The first-order chi connectivity index (χ1) is 14.2. The van der Waals surface area contributed by atoms with E-state index in [1.54, 1.807) is 42.7 Å². The Bertz CT molecular complexity index is 1150. The molecule has 1 amide bonds. The number of carbonyl (C=O) groups excluding carboxylic acids is 1. The van der Waals surface area contributed by atoms with Gasteiger partial charge in [-0.3, -0.25) is 9.78 Å². The van der Waals surface area contributed by atoms with Crippen molar-refractivity contribution in [2.75, 3.05) is 5.32 Å². The van der Waals surface area contributed by atoms with E-state index in [1.165, 1.54) is 22.9 Å². The molecular weight excluding hydrogens is 367 g/mol. The number of pyridine rings is 1. The molecule has 0 aliphatic rings. The van der Waals surface area contributed by atoms with Gasteiger partial charge in [0.05, 0.1) is 11.4 Å². The molecule has 0 fully saturated rings. The van der Waals surface area contributed by atoms with Crippen molar-refractivity contribution < 1.29 is 9.18 Å². The Balaban J connectivity index is 1.66. The number of nitrogens with zero attached hydrogens (tertiary/aromatic N) is 3. The Labute approximate surface area is 167 Å². The largest absolute Gasteiger partial charge is 0.307 e. The summed E-state index contributed by atoms with van der Waals surface area (Å²) < 4.78 is 15.3. The fourth-order valence-corrected chi connectivity index (χ4v) is 2.84. The van der Waals surface area contributed by atoms with Crippen LogP contribution in [0.25, 0.3) is 23.0 Å². The molecule has 1 N–H and O–H groups in total. The highest BCUT2D eigenvalue weighted by molar-refractivity contribution is 6.01. The predicted octanol–water partition coefficient (Wildman–Crippen LogP) is 4.73. The maximum Gasteiger partial charge on any atom is 0.249 e. The molecule has 29 heavy (non-hydrogen) atoms. The van der Waals surface area contributed by atoms with Crippen molar-refractivity contribution in [1.82, 2.24) is 14.8 Å². The molecule has 0 radical (unpaired) electrons. The van der Waals surface area contributed by atoms with Crippen LogP contribution in [0.5, 0.6) is 0 Å². The number of rotatable bonds is 5. The topological polar surface area (TPSA) is 59.8 Å². The predicted molar refractivity (Wildman–Crippen MR) is 111 cm³/mol. The first kappa shape index (κ1) is 18.3. The molecule has 142 valence electrons. The SMILES string of the molecule is O=C(/C=C/c1cccnc1)Nc1cc(-c2ccccc2)nn1-c1cccc(F)c1. The van der Waals surface area contributed by atoms with Crippen LogP contribution in [0, 0.1) is 5.82 Å². The fourth-order valence-electron chi connectivity index (χ4n) is 2.84. The third kappa shape index (κ3) is 4.44. The van der Waals surface area contributed by atoms with Gasteiger partial charge in [0.25, 0.3) is 0 Å². The van der Waals surface area contributed by atoms with Gasteiger partial charge in [-0.1, -0.05) is 42.5 Å². The van der Waals surface area contributed by atoms with Crippen LogP contribution in [0.2, 0.25) is 0 Å². The minimum absolute atomic E-state index is 0.328. The Morgan fingerprint density at radius 3 is 2.62 bits per heavy atom. The second-order valence-electron chi connectivity index (χ2n) is 6.28. The zero-order valence-corrected chi connectivity index (χ0v) is 15.4. The van der Waals surface area contributed by atoms with E-state index in [0.29, 0.717) is 17.2 Å². The van der Waals surface area contributed by atoms with E-state index < -0.39 is 0 Å². The van der Waals surface area contributed by atoms with E-state index in [9.17, 15) is 9.18 Å². The summed E-state index contributed by atoms with van der Waals surface area (Å²) in [5.74, 6) is -0.269. The number of hydrogen-bond donors (Lipinski definition) is 1. The van der Waals surface area contributed by atoms with Crippen molar-refractivity contribution in [2.45, 2.75) is 0 Å². The molecule has 0 bridgehead atoms. The molecule has 0 saturated heterocycles. The van der Waals surface area contributed by atoms with Crippen LogP contribution in [0.3, 0.4) is 0 Å². The van der Waals surface area contributed by atoms with Crippen LogP contribution in [0.15, 0.2) is 91.3 Å². The van der Waals surface area contributed by atoms with Crippen molar-refractivity contribution in [3.63, 3.8) is 0 Å². The van der Waals surface area contributed by atoms with Gasteiger partial charge in [0.1, 0.15) is 11.6 Å². The highest BCUT2D eigenvalue weighted by Gasteiger charge is 2.13. The lowest BCUT2D eigenvalue weighted by Crippen LogP contribution is -2.12. The van der Waals surface area contributed by atoms with Gasteiger partial charge in [0.2, 0.25) is 5.91 Å². The maximum atomic E-state index is 13.7. The summed E-state index contributed by atoms with van der Waals surface area (Å²) in [6.07, 6.45) is 6.42. The summed E-state index contributed by atoms with van der Waals surface area (Å²) in [4.78, 5) is 16.5. The van der Waals surface area contributed by atoms with Crippen molar-refractivity contribution in [1.29, 1.82) is 0 Å². The normalized spacial score (nSPS) is 10.9. The number of hydrogen-bond acceptors (Lipinski definition) is 3. The highest BCUT2D eigenvalue weighted by atomic mass is 19.1. The minimum Gasteiger partial charge on any atom is -0.307 e. The van der Waals surface area contributed by atoms with Crippen molar-refractivity contribution in [3.05, 3.63) is 103 Å². The summed E-state index contributed by atoms with van der Waals surface area (Å²) in [7, 11) is 0. The maximum absolute atomic E-state index is 13.7. The number of nitrogens with one attached hydrogen (secondary N) is 1. The number of halogens is 1. The van der Waals surface area contributed by atoms with E-state index in [0.717, 1.165) is 11.1 Å². The Morgan fingerprint density at radius 2 is 1.86 bits per heavy atom. The molecule has 0 atom stereocenters. The van der Waals surface area contributed by atoms with E-state index in [-0.39, 0.29) is 11.7 Å². The lowest BCUT2D eigenvalue weighted by atomic mass is 10.1. The Morgan fingerprint density at radius 1 is 1.00 bits per heavy atom. The second kappa shape index (κ2) is 8.31. The van der Waals surface area contributed by atoms with E-state index in [4.69, 9.17) is 0 Å². The van der Waals surface area contributed by atoms with E-state index in [1.807, 2.05) is 36.4 Å². The van der Waals surface area contributed by atoms with E-state index >= 15 is 0 Å². The van der Waals surface area contributed by atoms with Gasteiger partial charge < -0.3 is 5.32 Å². The van der Waals surface area contributed by atoms with Crippen molar-refractivity contribution >= 4 is 17.8 Å². The lowest BCUT2D eigenvalue weighted by Gasteiger charge is -2.07. The average molecular weight is 384 g/mol. The molecule has 2 heterocycles. The summed E-state index contributed by atoms with van der Waals surface area (Å²) in [5, 5.41) is 7.39. The third-order valence-corrected chi connectivity index (χ3v) is 4.19. The van der Waals surface area contributed by atoms with Gasteiger partial charge in [0.15, 0.2) is 0 Å². The zero-order valence-electron chi connectivity index (χ0n) is 15.4. The molecule has 0 aliphatic heterocycles. The first-order valence-electron chi connectivity index (χ1n) is 8.99. The quantitative estimate of drug-likeness (QED) is 0.506. The molecule has 5 nitrogen and oxygen atoms in total. The molecule has 0 unspecified atom stereocenters. The van der Waals surface area contributed by atoms with Gasteiger partial charge in [0, 0.05) is 30.1 Å². The smallest absolute Gasteiger partial charge is 0.249 e. The molecule has 6 heteroatoms. The number of anilines is 1. The number of benzene rings is 2. The van der Waals surface area contributed by atoms with Gasteiger partial charge >= 0.3 is 0 Å². The number of aromatic nitrogens is 3. The average Bonchev–Trinajstić information content (AvgIpc) is 3.17.